The van der Waals surface area contributed by atoms with Crippen LogP contribution in [0.5, 0.6) is 11.5 Å². The maximum absolute atomic E-state index is 12.5. The quantitative estimate of drug-likeness (QED) is 0.592. The summed E-state index contributed by atoms with van der Waals surface area (Å²) in [6.07, 6.45) is 1.09. The monoisotopic (exact) mass is 443 g/mol. The molecule has 1 unspecified atom stereocenters. The van der Waals surface area contributed by atoms with E-state index in [-0.39, 0.29) is 18.3 Å². The van der Waals surface area contributed by atoms with Gasteiger partial charge in [-0.05, 0) is 71.0 Å². The molecule has 1 atom stereocenters. The minimum absolute atomic E-state index is 0.107. The molecule has 1 saturated heterocycles. The highest BCUT2D eigenvalue weighted by Gasteiger charge is 2.29. The molecular weight excluding hydrogens is 410 g/mol. The molecule has 0 aliphatic carbocycles. The third-order valence-corrected chi connectivity index (χ3v) is 5.03. The Morgan fingerprint density at radius 3 is 2.53 bits per heavy atom. The number of fused-ring (bicyclic) bond motifs is 1. The number of piperidine rings is 1. The largest absolute Gasteiger partial charge is 0.490 e. The van der Waals surface area contributed by atoms with Gasteiger partial charge in [0.25, 0.3) is 0 Å². The van der Waals surface area contributed by atoms with E-state index in [0.29, 0.717) is 30.2 Å². The van der Waals surface area contributed by atoms with Gasteiger partial charge in [0.05, 0.1) is 19.8 Å². The summed E-state index contributed by atoms with van der Waals surface area (Å²) >= 11 is 0. The summed E-state index contributed by atoms with van der Waals surface area (Å²) in [5.41, 5.74) is -0.162. The molecule has 174 valence electrons. The van der Waals surface area contributed by atoms with Crippen LogP contribution in [-0.2, 0) is 9.47 Å². The molecule has 3 rings (SSSR count). The molecule has 0 saturated carbocycles. The third-order valence-electron chi connectivity index (χ3n) is 5.03. The number of likely N-dealkylation sites (tertiary alicyclic amines) is 1. The van der Waals surface area contributed by atoms with Crippen molar-refractivity contribution in [2.24, 2.45) is 0 Å². The summed E-state index contributed by atoms with van der Waals surface area (Å²) < 4.78 is 22.7. The Morgan fingerprint density at radius 2 is 1.88 bits per heavy atom. The fraction of sp³-hybridized carbons (Fsp3) is 0.520. The van der Waals surface area contributed by atoms with Gasteiger partial charge in [-0.1, -0.05) is 12.1 Å². The first-order valence-corrected chi connectivity index (χ1v) is 11.0. The van der Waals surface area contributed by atoms with E-state index in [1.807, 2.05) is 58.9 Å². The predicted octanol–water partition coefficient (Wildman–Crippen LogP) is 5.19. The minimum atomic E-state index is -0.537. The molecule has 1 amide bonds. The second-order valence-corrected chi connectivity index (χ2v) is 9.29. The van der Waals surface area contributed by atoms with E-state index in [4.69, 9.17) is 18.9 Å². The van der Waals surface area contributed by atoms with Crippen LogP contribution in [-0.4, -0.2) is 55.0 Å². The Bertz CT molecular complexity index is 978. The Kier molecular flexibility index (Phi) is 7.16. The fourth-order valence-corrected chi connectivity index (χ4v) is 3.71. The van der Waals surface area contributed by atoms with E-state index in [2.05, 4.69) is 0 Å². The lowest BCUT2D eigenvalue weighted by Crippen LogP contribution is -2.46. The number of esters is 1. The van der Waals surface area contributed by atoms with Gasteiger partial charge in [-0.15, -0.1) is 0 Å². The molecule has 0 radical (unpaired) electrons. The first kappa shape index (κ1) is 23.7. The van der Waals surface area contributed by atoms with Gasteiger partial charge in [-0.25, -0.2) is 9.59 Å². The van der Waals surface area contributed by atoms with Crippen LogP contribution in [0, 0.1) is 0 Å². The number of nitrogens with zero attached hydrogens (tertiary/aromatic N) is 1. The summed E-state index contributed by atoms with van der Waals surface area (Å²) in [5, 5.41) is 1.68. The van der Waals surface area contributed by atoms with Crippen molar-refractivity contribution in [1.29, 1.82) is 0 Å². The molecule has 0 N–H and O–H groups in total. The van der Waals surface area contributed by atoms with Crippen LogP contribution in [0.2, 0.25) is 0 Å². The first-order chi connectivity index (χ1) is 15.1. The molecule has 1 aliphatic rings. The minimum Gasteiger partial charge on any atom is -0.490 e. The SMILES string of the molecule is COC(=O)c1cc2cccc(OC3CCCN(C(=O)OC(C)(C)C)C3)c2cc1OC(C)C. The zero-order valence-electron chi connectivity index (χ0n) is 19.8. The smallest absolute Gasteiger partial charge is 0.410 e. The number of carbonyl (C=O) groups excluding carboxylic acids is 2. The van der Waals surface area contributed by atoms with Crippen molar-refractivity contribution < 1.29 is 28.5 Å². The Hall–Kier alpha value is -2.96. The van der Waals surface area contributed by atoms with Gasteiger partial charge in [0.1, 0.15) is 28.8 Å². The highest BCUT2D eigenvalue weighted by Crippen LogP contribution is 2.34. The molecule has 1 heterocycles. The second kappa shape index (κ2) is 9.67. The molecule has 2 aromatic rings. The molecule has 32 heavy (non-hydrogen) atoms. The maximum atomic E-state index is 12.5. The number of hydrogen-bond acceptors (Lipinski definition) is 6. The number of amides is 1. The molecule has 7 nitrogen and oxygen atoms in total. The number of carbonyl (C=O) groups is 2. The number of methoxy groups -OCH3 is 1. The number of benzene rings is 2. The van der Waals surface area contributed by atoms with Crippen molar-refractivity contribution in [3.8, 4) is 11.5 Å². The lowest BCUT2D eigenvalue weighted by molar-refractivity contribution is 0.00793. The Labute approximate surface area is 189 Å². The highest BCUT2D eigenvalue weighted by molar-refractivity contribution is 6.00. The molecule has 2 aromatic carbocycles. The summed E-state index contributed by atoms with van der Waals surface area (Å²) in [5.74, 6) is 0.687. The maximum Gasteiger partial charge on any atom is 0.410 e. The van der Waals surface area contributed by atoms with Crippen LogP contribution in [0.1, 0.15) is 57.8 Å². The van der Waals surface area contributed by atoms with Crippen LogP contribution in [0.15, 0.2) is 30.3 Å². The predicted molar refractivity (Wildman–Crippen MR) is 123 cm³/mol. The average molecular weight is 444 g/mol. The Balaban J connectivity index is 1.87. The van der Waals surface area contributed by atoms with Crippen LogP contribution in [0.3, 0.4) is 0 Å². The van der Waals surface area contributed by atoms with Crippen molar-refractivity contribution in [2.45, 2.75) is 65.3 Å². The van der Waals surface area contributed by atoms with Gasteiger partial charge >= 0.3 is 12.1 Å². The van der Waals surface area contributed by atoms with Crippen LogP contribution >= 0.6 is 0 Å². The summed E-state index contributed by atoms with van der Waals surface area (Å²) in [6.45, 7) is 10.5. The van der Waals surface area contributed by atoms with E-state index in [1.165, 1.54) is 7.11 Å². The molecule has 1 aliphatic heterocycles. The van der Waals surface area contributed by atoms with E-state index >= 15 is 0 Å². The van der Waals surface area contributed by atoms with E-state index in [0.717, 1.165) is 23.6 Å². The molecule has 7 heteroatoms. The summed E-state index contributed by atoms with van der Waals surface area (Å²) in [7, 11) is 1.35. The molecular formula is C25H33NO6. The zero-order chi connectivity index (χ0) is 23.5. The van der Waals surface area contributed by atoms with Crippen molar-refractivity contribution in [3.05, 3.63) is 35.9 Å². The molecule has 0 bridgehead atoms. The fourth-order valence-electron chi connectivity index (χ4n) is 3.71. The number of hydrogen-bond donors (Lipinski definition) is 0. The lowest BCUT2D eigenvalue weighted by atomic mass is 10.0. The second-order valence-electron chi connectivity index (χ2n) is 9.29. The molecule has 0 spiro atoms. The van der Waals surface area contributed by atoms with Gasteiger partial charge < -0.3 is 23.8 Å². The van der Waals surface area contributed by atoms with E-state index < -0.39 is 11.6 Å². The zero-order valence-corrected chi connectivity index (χ0v) is 19.8. The topological polar surface area (TPSA) is 74.3 Å². The van der Waals surface area contributed by atoms with E-state index in [1.54, 1.807) is 11.0 Å². The summed E-state index contributed by atoms with van der Waals surface area (Å²) in [6, 6.07) is 9.29. The molecule has 1 fully saturated rings. The van der Waals surface area contributed by atoms with Gasteiger partial charge in [0.15, 0.2) is 0 Å². The highest BCUT2D eigenvalue weighted by atomic mass is 16.6. The first-order valence-electron chi connectivity index (χ1n) is 11.0. The van der Waals surface area contributed by atoms with Crippen LogP contribution < -0.4 is 9.47 Å². The standard InChI is InChI=1S/C25H33NO6/c1-16(2)30-22-14-19-17(13-20(22)23(27)29-6)9-7-11-21(19)31-18-10-8-12-26(15-18)24(28)32-25(3,4)5/h7,9,11,13-14,16,18H,8,10,12,15H2,1-6H3. The number of rotatable bonds is 5. The van der Waals surface area contributed by atoms with Crippen LogP contribution in [0.25, 0.3) is 10.8 Å². The van der Waals surface area contributed by atoms with Gasteiger partial charge in [0, 0.05) is 11.9 Å². The van der Waals surface area contributed by atoms with Crippen molar-refractivity contribution >= 4 is 22.8 Å². The number of ether oxygens (including phenoxy) is 4. The van der Waals surface area contributed by atoms with E-state index in [9.17, 15) is 9.59 Å². The van der Waals surface area contributed by atoms with Crippen molar-refractivity contribution in [1.82, 2.24) is 4.90 Å². The van der Waals surface area contributed by atoms with Crippen molar-refractivity contribution in [3.63, 3.8) is 0 Å². The normalized spacial score (nSPS) is 16.7. The Morgan fingerprint density at radius 1 is 1.12 bits per heavy atom. The summed E-state index contributed by atoms with van der Waals surface area (Å²) in [4.78, 5) is 26.5. The third kappa shape index (κ3) is 5.84. The average Bonchev–Trinajstić information content (AvgIpc) is 2.72. The molecule has 0 aromatic heterocycles. The van der Waals surface area contributed by atoms with Crippen molar-refractivity contribution in [2.75, 3.05) is 20.2 Å². The van der Waals surface area contributed by atoms with Crippen LogP contribution in [0.4, 0.5) is 4.79 Å². The van der Waals surface area contributed by atoms with Gasteiger partial charge in [-0.2, -0.15) is 0 Å². The lowest BCUT2D eigenvalue weighted by Gasteiger charge is -2.34. The van der Waals surface area contributed by atoms with Gasteiger partial charge in [0.2, 0.25) is 0 Å². The van der Waals surface area contributed by atoms with Gasteiger partial charge in [-0.3, -0.25) is 0 Å².